The molecule has 0 amide bonds. The third kappa shape index (κ3) is 0.892. The first-order valence-electron chi connectivity index (χ1n) is 6.06. The van der Waals surface area contributed by atoms with Crippen molar-refractivity contribution in [3.8, 4) is 0 Å². The molecule has 4 aliphatic rings. The van der Waals surface area contributed by atoms with E-state index in [4.69, 9.17) is 9.47 Å². The fourth-order valence-corrected chi connectivity index (χ4v) is 4.22. The molecule has 4 fully saturated rings. The van der Waals surface area contributed by atoms with Crippen LogP contribution in [0.1, 0.15) is 26.7 Å². The van der Waals surface area contributed by atoms with Gasteiger partial charge in [-0.1, -0.05) is 13.8 Å². The minimum Gasteiger partial charge on any atom is -0.369 e. The molecule has 7 unspecified atom stereocenters. The highest BCUT2D eigenvalue weighted by Crippen LogP contribution is 2.60. The molecule has 0 bridgehead atoms. The lowest BCUT2D eigenvalue weighted by molar-refractivity contribution is 0.0887. The molecule has 2 nitrogen and oxygen atoms in total. The summed E-state index contributed by atoms with van der Waals surface area (Å²) >= 11 is 0. The summed E-state index contributed by atoms with van der Waals surface area (Å²) in [7, 11) is 0. The molecule has 78 valence electrons. The number of epoxide rings is 2. The van der Waals surface area contributed by atoms with E-state index in [1.165, 1.54) is 12.8 Å². The van der Waals surface area contributed by atoms with Crippen LogP contribution < -0.4 is 0 Å². The number of rotatable bonds is 1. The van der Waals surface area contributed by atoms with Crippen molar-refractivity contribution in [2.45, 2.75) is 51.1 Å². The molecule has 0 spiro atoms. The zero-order chi connectivity index (χ0) is 9.45. The maximum atomic E-state index is 5.80. The van der Waals surface area contributed by atoms with Gasteiger partial charge in [0.1, 0.15) is 0 Å². The second-order valence-electron chi connectivity index (χ2n) is 5.91. The highest BCUT2D eigenvalue weighted by molar-refractivity contribution is 5.13. The first-order valence-corrected chi connectivity index (χ1v) is 6.06. The Morgan fingerprint density at radius 1 is 1.00 bits per heavy atom. The van der Waals surface area contributed by atoms with Crippen molar-refractivity contribution in [1.82, 2.24) is 0 Å². The van der Waals surface area contributed by atoms with E-state index in [2.05, 4.69) is 13.8 Å². The molecule has 14 heavy (non-hydrogen) atoms. The second-order valence-corrected chi connectivity index (χ2v) is 5.91. The molecule has 0 N–H and O–H groups in total. The Hall–Kier alpha value is -0.0800. The predicted octanol–water partition coefficient (Wildman–Crippen LogP) is 1.83. The van der Waals surface area contributed by atoms with Crippen LogP contribution in [0.15, 0.2) is 0 Å². The van der Waals surface area contributed by atoms with Crippen LogP contribution in [0.3, 0.4) is 0 Å². The van der Waals surface area contributed by atoms with Crippen molar-refractivity contribution >= 4 is 0 Å². The quantitative estimate of drug-likeness (QED) is 0.595. The van der Waals surface area contributed by atoms with Gasteiger partial charge >= 0.3 is 0 Å². The molecule has 0 aromatic rings. The molecule has 0 aromatic heterocycles. The smallest absolute Gasteiger partial charge is 0.0876 e. The fourth-order valence-electron chi connectivity index (χ4n) is 4.22. The number of hydrogen-bond donors (Lipinski definition) is 0. The largest absolute Gasteiger partial charge is 0.369 e. The van der Waals surface area contributed by atoms with Gasteiger partial charge in [-0.15, -0.1) is 0 Å². The van der Waals surface area contributed by atoms with Crippen LogP contribution in [0.4, 0.5) is 0 Å². The van der Waals surface area contributed by atoms with Crippen LogP contribution in [0.2, 0.25) is 0 Å². The Labute approximate surface area is 85.0 Å². The van der Waals surface area contributed by atoms with Crippen molar-refractivity contribution in [3.63, 3.8) is 0 Å². The molecule has 2 saturated carbocycles. The van der Waals surface area contributed by atoms with Crippen molar-refractivity contribution < 1.29 is 9.47 Å². The van der Waals surface area contributed by atoms with E-state index in [0.29, 0.717) is 24.4 Å². The summed E-state index contributed by atoms with van der Waals surface area (Å²) in [5.74, 6) is 3.32. The zero-order valence-corrected chi connectivity index (χ0v) is 8.85. The third-order valence-corrected chi connectivity index (χ3v) is 4.83. The molecule has 2 heteroatoms. The summed E-state index contributed by atoms with van der Waals surface area (Å²) in [5, 5.41) is 0. The average molecular weight is 194 g/mol. The van der Waals surface area contributed by atoms with Crippen LogP contribution in [-0.4, -0.2) is 24.4 Å². The van der Waals surface area contributed by atoms with Crippen LogP contribution in [0.25, 0.3) is 0 Å². The van der Waals surface area contributed by atoms with Gasteiger partial charge in [-0.25, -0.2) is 0 Å². The van der Waals surface area contributed by atoms with E-state index in [-0.39, 0.29) is 0 Å². The van der Waals surface area contributed by atoms with Gasteiger partial charge in [-0.3, -0.25) is 0 Å². The Morgan fingerprint density at radius 2 is 1.64 bits per heavy atom. The summed E-state index contributed by atoms with van der Waals surface area (Å²) in [4.78, 5) is 0. The minimum atomic E-state index is 0.596. The van der Waals surface area contributed by atoms with Gasteiger partial charge in [0, 0.05) is 0 Å². The lowest BCUT2D eigenvalue weighted by Crippen LogP contribution is -2.37. The summed E-state index contributed by atoms with van der Waals surface area (Å²) in [6, 6.07) is 0. The van der Waals surface area contributed by atoms with Gasteiger partial charge in [0.25, 0.3) is 0 Å². The summed E-state index contributed by atoms with van der Waals surface area (Å²) < 4.78 is 11.5. The summed E-state index contributed by atoms with van der Waals surface area (Å²) in [5.41, 5.74) is 0. The predicted molar refractivity (Wildman–Crippen MR) is 51.9 cm³/mol. The Bertz CT molecular complexity index is 275. The monoisotopic (exact) mass is 194 g/mol. The third-order valence-electron chi connectivity index (χ3n) is 4.83. The molecular formula is C12H18O2. The molecule has 0 aromatic carbocycles. The SMILES string of the molecule is CC(C)C1C2OC2CC2CC3OC3C21. The first-order chi connectivity index (χ1) is 6.75. The fraction of sp³-hybridized carbons (Fsp3) is 1.00. The van der Waals surface area contributed by atoms with Crippen LogP contribution in [0, 0.1) is 23.7 Å². The Kier molecular flexibility index (Phi) is 1.37. The van der Waals surface area contributed by atoms with Gasteiger partial charge in [0.15, 0.2) is 0 Å². The molecule has 0 radical (unpaired) electrons. The molecule has 4 rings (SSSR count). The van der Waals surface area contributed by atoms with Crippen LogP contribution in [-0.2, 0) is 9.47 Å². The van der Waals surface area contributed by atoms with Gasteiger partial charge in [-0.2, -0.15) is 0 Å². The first kappa shape index (κ1) is 8.12. The topological polar surface area (TPSA) is 25.1 Å². The molecule has 2 saturated heterocycles. The van der Waals surface area contributed by atoms with E-state index in [1.54, 1.807) is 0 Å². The van der Waals surface area contributed by atoms with Crippen molar-refractivity contribution in [2.24, 2.45) is 23.7 Å². The number of ether oxygens (including phenoxy) is 2. The van der Waals surface area contributed by atoms with E-state index in [9.17, 15) is 0 Å². The highest BCUT2D eigenvalue weighted by atomic mass is 16.6. The van der Waals surface area contributed by atoms with Crippen molar-refractivity contribution in [1.29, 1.82) is 0 Å². The Morgan fingerprint density at radius 3 is 2.36 bits per heavy atom. The normalized spacial score (nSPS) is 63.2. The summed E-state index contributed by atoms with van der Waals surface area (Å²) in [6.45, 7) is 4.70. The van der Waals surface area contributed by atoms with Gasteiger partial charge < -0.3 is 9.47 Å². The van der Waals surface area contributed by atoms with Gasteiger partial charge in [0.2, 0.25) is 0 Å². The van der Waals surface area contributed by atoms with Crippen LogP contribution >= 0.6 is 0 Å². The standard InChI is InChI=1S/C12H18O2/c1-5(2)9-10-6(3-7-11(9)13-7)4-8-12(10)14-8/h5-12H,3-4H2,1-2H3. The maximum absolute atomic E-state index is 5.80. The van der Waals surface area contributed by atoms with E-state index >= 15 is 0 Å². The summed E-state index contributed by atoms with van der Waals surface area (Å²) in [6.07, 6.45) is 5.14. The van der Waals surface area contributed by atoms with E-state index < -0.39 is 0 Å². The van der Waals surface area contributed by atoms with Crippen LogP contribution in [0.5, 0.6) is 0 Å². The van der Waals surface area contributed by atoms with Gasteiger partial charge in [-0.05, 0) is 36.5 Å². The molecule has 2 heterocycles. The molecular weight excluding hydrogens is 176 g/mol. The number of fused-ring (bicyclic) bond motifs is 4. The lowest BCUT2D eigenvalue weighted by atomic mass is 9.69. The zero-order valence-electron chi connectivity index (χ0n) is 8.85. The maximum Gasteiger partial charge on any atom is 0.0876 e. The minimum absolute atomic E-state index is 0.596. The number of hydrogen-bond acceptors (Lipinski definition) is 2. The highest BCUT2D eigenvalue weighted by Gasteiger charge is 2.66. The molecule has 2 aliphatic carbocycles. The van der Waals surface area contributed by atoms with E-state index in [0.717, 1.165) is 23.7 Å². The molecule has 2 aliphatic heterocycles. The second kappa shape index (κ2) is 2.35. The van der Waals surface area contributed by atoms with Gasteiger partial charge in [0.05, 0.1) is 24.4 Å². The van der Waals surface area contributed by atoms with Crippen molar-refractivity contribution in [3.05, 3.63) is 0 Å². The lowest BCUT2D eigenvalue weighted by Gasteiger charge is -2.34. The Balaban J connectivity index is 1.66. The van der Waals surface area contributed by atoms with E-state index in [1.807, 2.05) is 0 Å². The molecule has 7 atom stereocenters. The average Bonchev–Trinajstić information content (AvgIpc) is 2.99. The van der Waals surface area contributed by atoms with Crippen molar-refractivity contribution in [2.75, 3.05) is 0 Å².